The van der Waals surface area contributed by atoms with Crippen molar-refractivity contribution in [2.45, 2.75) is 72.1 Å². The van der Waals surface area contributed by atoms with E-state index in [0.717, 1.165) is 53.5 Å². The molecule has 8 nitrogen and oxygen atoms in total. The summed E-state index contributed by atoms with van der Waals surface area (Å²) in [5.74, 6) is 1.29. The first-order chi connectivity index (χ1) is 17.9. The minimum Gasteiger partial charge on any atom is -0.491 e. The van der Waals surface area contributed by atoms with E-state index in [1.165, 1.54) is 6.42 Å². The molecule has 0 bridgehead atoms. The summed E-state index contributed by atoms with van der Waals surface area (Å²) >= 11 is 0. The lowest BCUT2D eigenvalue weighted by molar-refractivity contribution is 0.0888. The van der Waals surface area contributed by atoms with Crippen molar-refractivity contribution in [1.82, 2.24) is 15.0 Å². The van der Waals surface area contributed by atoms with E-state index < -0.39 is 6.10 Å². The van der Waals surface area contributed by atoms with Gasteiger partial charge in [-0.1, -0.05) is 43.5 Å². The van der Waals surface area contributed by atoms with Gasteiger partial charge in [0, 0.05) is 17.0 Å². The zero-order chi connectivity index (χ0) is 26.2. The molecule has 0 aliphatic heterocycles. The van der Waals surface area contributed by atoms with Gasteiger partial charge in [0.2, 0.25) is 0 Å². The lowest BCUT2D eigenvalue weighted by Gasteiger charge is -2.13. The van der Waals surface area contributed by atoms with Gasteiger partial charge in [-0.2, -0.15) is 0 Å². The maximum atomic E-state index is 12.6. The number of ether oxygens (including phenoxy) is 2. The molecule has 1 atom stereocenters. The Morgan fingerprint density at radius 2 is 1.89 bits per heavy atom. The van der Waals surface area contributed by atoms with Gasteiger partial charge in [0.1, 0.15) is 42.1 Å². The maximum Gasteiger partial charge on any atom is 0.339 e. The number of aliphatic hydroxyl groups excluding tert-OH is 1. The predicted molar refractivity (Wildman–Crippen MR) is 142 cm³/mol. The van der Waals surface area contributed by atoms with Crippen LogP contribution in [0.25, 0.3) is 11.0 Å². The number of fused-ring (bicyclic) bond motifs is 1. The van der Waals surface area contributed by atoms with Crippen molar-refractivity contribution >= 4 is 11.0 Å². The fourth-order valence-electron chi connectivity index (χ4n) is 4.30. The van der Waals surface area contributed by atoms with Crippen LogP contribution in [0, 0.1) is 13.8 Å². The molecule has 37 heavy (non-hydrogen) atoms. The van der Waals surface area contributed by atoms with Crippen molar-refractivity contribution in [2.24, 2.45) is 0 Å². The molecule has 0 spiro atoms. The summed E-state index contributed by atoms with van der Waals surface area (Å²) in [5, 5.41) is 19.5. The molecule has 2 aromatic carbocycles. The summed E-state index contributed by atoms with van der Waals surface area (Å²) in [7, 11) is 0. The van der Waals surface area contributed by atoms with E-state index in [1.54, 1.807) is 16.9 Å². The third kappa shape index (κ3) is 7.20. The number of hydrogen-bond donors (Lipinski definition) is 1. The maximum absolute atomic E-state index is 12.6. The van der Waals surface area contributed by atoms with Crippen LogP contribution in [0.5, 0.6) is 11.5 Å². The summed E-state index contributed by atoms with van der Waals surface area (Å²) in [5.41, 5.74) is 3.70. The van der Waals surface area contributed by atoms with Crippen LogP contribution in [0.2, 0.25) is 0 Å². The Balaban J connectivity index is 1.31. The first-order valence-corrected chi connectivity index (χ1v) is 12.9. The number of nitrogens with zero attached hydrogens (tertiary/aromatic N) is 3. The van der Waals surface area contributed by atoms with Crippen LogP contribution in [0.4, 0.5) is 0 Å². The smallest absolute Gasteiger partial charge is 0.339 e. The van der Waals surface area contributed by atoms with Gasteiger partial charge in [0.25, 0.3) is 0 Å². The van der Waals surface area contributed by atoms with E-state index in [-0.39, 0.29) is 25.4 Å². The summed E-state index contributed by atoms with van der Waals surface area (Å²) < 4.78 is 18.7. The van der Waals surface area contributed by atoms with Crippen molar-refractivity contribution in [3.8, 4) is 11.5 Å². The number of aryl methyl sites for hydroxylation is 2. The fourth-order valence-corrected chi connectivity index (χ4v) is 4.30. The molecular weight excluding hydrogens is 470 g/mol. The average Bonchev–Trinajstić information content (AvgIpc) is 3.32. The lowest BCUT2D eigenvalue weighted by Crippen LogP contribution is -2.24. The number of rotatable bonds is 13. The van der Waals surface area contributed by atoms with Crippen molar-refractivity contribution in [3.63, 3.8) is 0 Å². The van der Waals surface area contributed by atoms with Crippen LogP contribution in [0.15, 0.2) is 57.9 Å². The van der Waals surface area contributed by atoms with Crippen molar-refractivity contribution in [2.75, 3.05) is 6.61 Å². The van der Waals surface area contributed by atoms with Gasteiger partial charge in [0.05, 0.1) is 12.7 Å². The largest absolute Gasteiger partial charge is 0.491 e. The second-order valence-corrected chi connectivity index (χ2v) is 9.46. The molecular formula is C29H35N3O5. The Kier molecular flexibility index (Phi) is 8.95. The normalized spacial score (nSPS) is 12.1. The van der Waals surface area contributed by atoms with Crippen molar-refractivity contribution in [3.05, 3.63) is 81.5 Å². The van der Waals surface area contributed by atoms with E-state index in [2.05, 4.69) is 17.2 Å². The Hall–Kier alpha value is -3.65. The van der Waals surface area contributed by atoms with Gasteiger partial charge >= 0.3 is 5.63 Å². The van der Waals surface area contributed by atoms with Crippen LogP contribution < -0.4 is 15.1 Å². The number of unbranched alkanes of at least 4 members (excludes halogenated alkanes) is 3. The van der Waals surface area contributed by atoms with Gasteiger partial charge in [-0.05, 0) is 62.1 Å². The molecule has 0 amide bonds. The van der Waals surface area contributed by atoms with Gasteiger partial charge in [-0.25, -0.2) is 9.48 Å². The molecule has 0 saturated heterocycles. The van der Waals surface area contributed by atoms with Gasteiger partial charge in [0.15, 0.2) is 0 Å². The highest BCUT2D eigenvalue weighted by molar-refractivity contribution is 5.82. The van der Waals surface area contributed by atoms with Gasteiger partial charge in [-0.3, -0.25) is 0 Å². The second-order valence-electron chi connectivity index (χ2n) is 9.46. The molecule has 0 saturated carbocycles. The molecule has 1 N–H and O–H groups in total. The Morgan fingerprint density at radius 3 is 2.70 bits per heavy atom. The first kappa shape index (κ1) is 26.4. The molecule has 2 heterocycles. The molecule has 8 heteroatoms. The lowest BCUT2D eigenvalue weighted by atomic mass is 10.0. The molecule has 0 fully saturated rings. The third-order valence-corrected chi connectivity index (χ3v) is 6.34. The van der Waals surface area contributed by atoms with Crippen LogP contribution in [-0.2, 0) is 19.6 Å². The van der Waals surface area contributed by atoms with Crippen LogP contribution >= 0.6 is 0 Å². The number of aliphatic hydroxyl groups is 1. The zero-order valence-corrected chi connectivity index (χ0v) is 21.8. The summed E-state index contributed by atoms with van der Waals surface area (Å²) in [6.45, 7) is 6.71. The van der Waals surface area contributed by atoms with E-state index in [4.69, 9.17) is 13.9 Å². The SMILES string of the molecule is CCCCCCc1c(C)c2ccc(OCC(O)Cn3cc(COc4cccc(C)c4)nn3)cc2oc1=O. The Morgan fingerprint density at radius 1 is 1.05 bits per heavy atom. The molecule has 1 unspecified atom stereocenters. The molecule has 0 radical (unpaired) electrons. The standard InChI is InChI=1S/C29H35N3O5/c1-4-5-6-7-11-27-21(3)26-13-12-25(15-28(26)37-29(27)34)36-19-23(33)17-32-16-22(30-31-32)18-35-24-10-8-9-20(2)14-24/h8-10,12-16,23,33H,4-7,11,17-19H2,1-3H3. The highest BCUT2D eigenvalue weighted by Crippen LogP contribution is 2.25. The Bertz CT molecular complexity index is 1380. The molecule has 4 aromatic rings. The predicted octanol–water partition coefficient (Wildman–Crippen LogP) is 5.14. The minimum absolute atomic E-state index is 0.0548. The molecule has 196 valence electrons. The minimum atomic E-state index is -0.804. The summed E-state index contributed by atoms with van der Waals surface area (Å²) in [6, 6.07) is 13.2. The van der Waals surface area contributed by atoms with Crippen LogP contribution in [0.3, 0.4) is 0 Å². The zero-order valence-electron chi connectivity index (χ0n) is 21.8. The van der Waals surface area contributed by atoms with E-state index in [0.29, 0.717) is 17.0 Å². The topological polar surface area (TPSA) is 99.6 Å². The van der Waals surface area contributed by atoms with Gasteiger partial charge < -0.3 is 19.0 Å². The second kappa shape index (κ2) is 12.5. The summed E-state index contributed by atoms with van der Waals surface area (Å²) in [6.07, 6.45) is 6.10. The molecule has 0 aliphatic carbocycles. The highest BCUT2D eigenvalue weighted by atomic mass is 16.5. The molecule has 2 aromatic heterocycles. The van der Waals surface area contributed by atoms with Crippen molar-refractivity contribution < 1.29 is 19.0 Å². The van der Waals surface area contributed by atoms with Crippen LogP contribution in [0.1, 0.15) is 55.0 Å². The third-order valence-electron chi connectivity index (χ3n) is 6.34. The van der Waals surface area contributed by atoms with E-state index in [9.17, 15) is 9.90 Å². The van der Waals surface area contributed by atoms with Crippen LogP contribution in [-0.4, -0.2) is 32.8 Å². The summed E-state index contributed by atoms with van der Waals surface area (Å²) in [4.78, 5) is 12.6. The first-order valence-electron chi connectivity index (χ1n) is 12.9. The molecule has 4 rings (SSSR count). The number of benzene rings is 2. The average molecular weight is 506 g/mol. The number of hydrogen-bond acceptors (Lipinski definition) is 7. The monoisotopic (exact) mass is 505 g/mol. The fraction of sp³-hybridized carbons (Fsp3) is 0.414. The highest BCUT2D eigenvalue weighted by Gasteiger charge is 2.13. The van der Waals surface area contributed by atoms with Gasteiger partial charge in [-0.15, -0.1) is 5.10 Å². The van der Waals surface area contributed by atoms with Crippen molar-refractivity contribution in [1.29, 1.82) is 0 Å². The van der Waals surface area contributed by atoms with E-state index >= 15 is 0 Å². The number of aromatic nitrogens is 3. The Labute approximate surface area is 216 Å². The molecule has 0 aliphatic rings. The van der Waals surface area contributed by atoms with E-state index in [1.807, 2.05) is 50.2 Å². The quantitative estimate of drug-likeness (QED) is 0.198.